The summed E-state index contributed by atoms with van der Waals surface area (Å²) >= 11 is 0. The van der Waals surface area contributed by atoms with Crippen molar-refractivity contribution in [3.8, 4) is 0 Å². The van der Waals surface area contributed by atoms with Gasteiger partial charge < -0.3 is 25.4 Å². The molecule has 11 nitrogen and oxygen atoms in total. The molecule has 0 amide bonds. The van der Waals surface area contributed by atoms with Gasteiger partial charge in [-0.25, -0.2) is 15.0 Å². The van der Waals surface area contributed by atoms with E-state index in [1.807, 2.05) is 0 Å². The second-order valence-electron chi connectivity index (χ2n) is 5.80. The molecule has 1 saturated heterocycles. The number of aromatic nitrogens is 4. The standard InChI is InChI=1S/C14H22N6O5/c1-19(2)24-4-3-23-11-10(22)8(5-21)25-14(11)20-7-18-9-12(15)16-6-17-13(9)20/h6-8,10-11,14,21-22H,3-5H2,1-2H3,(H2,15,16,17)/t8-,10?,11?,14-/m1/s1. The first-order valence-corrected chi connectivity index (χ1v) is 7.82. The molecule has 2 aromatic rings. The largest absolute Gasteiger partial charge is 0.394 e. The smallest absolute Gasteiger partial charge is 0.167 e. The molecule has 0 aromatic carbocycles. The third-order valence-electron chi connectivity index (χ3n) is 3.90. The number of aliphatic hydroxyl groups is 2. The molecule has 4 atom stereocenters. The Morgan fingerprint density at radius 3 is 2.84 bits per heavy atom. The number of nitrogens with zero attached hydrogens (tertiary/aromatic N) is 5. The number of hydrogen-bond acceptors (Lipinski definition) is 10. The van der Waals surface area contributed by atoms with Gasteiger partial charge in [0.25, 0.3) is 0 Å². The maximum Gasteiger partial charge on any atom is 0.167 e. The summed E-state index contributed by atoms with van der Waals surface area (Å²) in [5.74, 6) is 0.248. The normalized spacial score (nSPS) is 26.8. The zero-order valence-corrected chi connectivity index (χ0v) is 14.0. The molecule has 1 aliphatic rings. The Balaban J connectivity index is 1.82. The fourth-order valence-corrected chi connectivity index (χ4v) is 2.73. The molecule has 0 saturated carbocycles. The molecule has 11 heteroatoms. The number of aliphatic hydroxyl groups excluding tert-OH is 2. The maximum atomic E-state index is 10.4. The Morgan fingerprint density at radius 1 is 1.32 bits per heavy atom. The summed E-state index contributed by atoms with van der Waals surface area (Å²) in [6.45, 7) is 0.212. The van der Waals surface area contributed by atoms with E-state index in [-0.39, 0.29) is 19.0 Å². The molecule has 4 N–H and O–H groups in total. The van der Waals surface area contributed by atoms with Crippen LogP contribution in [0.2, 0.25) is 0 Å². The highest BCUT2D eigenvalue weighted by Gasteiger charge is 2.45. The fourth-order valence-electron chi connectivity index (χ4n) is 2.73. The molecule has 2 unspecified atom stereocenters. The summed E-state index contributed by atoms with van der Waals surface area (Å²) < 4.78 is 13.1. The molecule has 1 aliphatic heterocycles. The zero-order chi connectivity index (χ0) is 18.0. The Hall–Kier alpha value is -1.89. The molecular formula is C14H22N6O5. The second kappa shape index (κ2) is 7.56. The van der Waals surface area contributed by atoms with Crippen molar-refractivity contribution in [3.63, 3.8) is 0 Å². The number of hydrogen-bond donors (Lipinski definition) is 3. The van der Waals surface area contributed by atoms with E-state index in [1.165, 1.54) is 12.7 Å². The van der Waals surface area contributed by atoms with Crippen molar-refractivity contribution in [2.75, 3.05) is 39.6 Å². The van der Waals surface area contributed by atoms with Crippen LogP contribution in [0.25, 0.3) is 11.2 Å². The van der Waals surface area contributed by atoms with Crippen molar-refractivity contribution < 1.29 is 24.5 Å². The number of nitrogen functional groups attached to an aromatic ring is 1. The van der Waals surface area contributed by atoms with E-state index in [1.54, 1.807) is 23.7 Å². The van der Waals surface area contributed by atoms with Gasteiger partial charge in [-0.3, -0.25) is 9.40 Å². The molecule has 3 rings (SSSR count). The predicted octanol–water partition coefficient (Wildman–Crippen LogP) is -1.46. The number of fused-ring (bicyclic) bond motifs is 1. The molecule has 0 spiro atoms. The Labute approximate surface area is 143 Å². The number of ether oxygens (including phenoxy) is 2. The van der Waals surface area contributed by atoms with Crippen molar-refractivity contribution in [2.24, 2.45) is 0 Å². The highest BCUT2D eigenvalue weighted by Crippen LogP contribution is 2.33. The van der Waals surface area contributed by atoms with Crippen molar-refractivity contribution in [1.82, 2.24) is 24.6 Å². The summed E-state index contributed by atoms with van der Waals surface area (Å²) in [7, 11) is 3.53. The first-order valence-electron chi connectivity index (χ1n) is 7.82. The van der Waals surface area contributed by atoms with Crippen LogP contribution in [0, 0.1) is 0 Å². The van der Waals surface area contributed by atoms with E-state index in [4.69, 9.17) is 20.0 Å². The van der Waals surface area contributed by atoms with Gasteiger partial charge in [-0.1, -0.05) is 0 Å². The molecule has 3 heterocycles. The minimum absolute atomic E-state index is 0.238. The van der Waals surface area contributed by atoms with Gasteiger partial charge in [0, 0.05) is 14.1 Å². The van der Waals surface area contributed by atoms with Gasteiger partial charge in [-0.05, 0) is 0 Å². The molecule has 1 fully saturated rings. The lowest BCUT2D eigenvalue weighted by Crippen LogP contribution is -2.36. The monoisotopic (exact) mass is 354 g/mol. The van der Waals surface area contributed by atoms with E-state index in [9.17, 15) is 10.2 Å². The van der Waals surface area contributed by atoms with Crippen LogP contribution in [0.3, 0.4) is 0 Å². The second-order valence-corrected chi connectivity index (χ2v) is 5.80. The SMILES string of the molecule is CN(C)OCCOC1C(O)[C@@H](CO)O[C@H]1n1cnc2c(N)ncnc21. The number of imidazole rings is 1. The molecule has 0 aliphatic carbocycles. The minimum Gasteiger partial charge on any atom is -0.394 e. The molecular weight excluding hydrogens is 332 g/mol. The Morgan fingerprint density at radius 2 is 2.12 bits per heavy atom. The topological polar surface area (TPSA) is 141 Å². The lowest BCUT2D eigenvalue weighted by molar-refractivity contribution is -0.150. The Kier molecular flexibility index (Phi) is 5.42. The van der Waals surface area contributed by atoms with Crippen molar-refractivity contribution in [1.29, 1.82) is 0 Å². The van der Waals surface area contributed by atoms with Crippen LogP contribution in [0.15, 0.2) is 12.7 Å². The third-order valence-corrected chi connectivity index (χ3v) is 3.90. The number of rotatable bonds is 7. The molecule has 138 valence electrons. The van der Waals surface area contributed by atoms with Crippen LogP contribution in [0.5, 0.6) is 0 Å². The lowest BCUT2D eigenvalue weighted by Gasteiger charge is -2.22. The minimum atomic E-state index is -1.01. The quantitative estimate of drug-likeness (QED) is 0.399. The maximum absolute atomic E-state index is 10.4. The zero-order valence-electron chi connectivity index (χ0n) is 14.0. The van der Waals surface area contributed by atoms with Gasteiger partial charge in [-0.15, -0.1) is 0 Å². The van der Waals surface area contributed by atoms with E-state index >= 15 is 0 Å². The number of anilines is 1. The fraction of sp³-hybridized carbons (Fsp3) is 0.643. The number of nitrogens with two attached hydrogens (primary N) is 1. The first kappa shape index (κ1) is 17.9. The van der Waals surface area contributed by atoms with Crippen LogP contribution in [-0.2, 0) is 14.3 Å². The Bertz CT molecular complexity index is 710. The van der Waals surface area contributed by atoms with Crippen molar-refractivity contribution in [2.45, 2.75) is 24.5 Å². The summed E-state index contributed by atoms with van der Waals surface area (Å²) in [6, 6.07) is 0. The van der Waals surface area contributed by atoms with Crippen molar-refractivity contribution >= 4 is 17.0 Å². The highest BCUT2D eigenvalue weighted by molar-refractivity contribution is 5.81. The molecule has 2 aromatic heterocycles. The summed E-state index contributed by atoms with van der Waals surface area (Å²) in [5.41, 5.74) is 6.69. The van der Waals surface area contributed by atoms with E-state index in [2.05, 4.69) is 15.0 Å². The molecule has 0 bridgehead atoms. The molecule has 0 radical (unpaired) electrons. The molecule has 25 heavy (non-hydrogen) atoms. The average molecular weight is 354 g/mol. The van der Waals surface area contributed by atoms with Gasteiger partial charge in [0.2, 0.25) is 0 Å². The van der Waals surface area contributed by atoms with Gasteiger partial charge in [0.05, 0.1) is 26.1 Å². The van der Waals surface area contributed by atoms with Crippen LogP contribution < -0.4 is 5.73 Å². The predicted molar refractivity (Wildman–Crippen MR) is 86.1 cm³/mol. The van der Waals surface area contributed by atoms with E-state index < -0.39 is 24.5 Å². The van der Waals surface area contributed by atoms with Gasteiger partial charge >= 0.3 is 0 Å². The van der Waals surface area contributed by atoms with Crippen LogP contribution >= 0.6 is 0 Å². The lowest BCUT2D eigenvalue weighted by atomic mass is 10.1. The average Bonchev–Trinajstić information content (AvgIpc) is 3.14. The van der Waals surface area contributed by atoms with Crippen molar-refractivity contribution in [3.05, 3.63) is 12.7 Å². The number of hydroxylamine groups is 2. The van der Waals surface area contributed by atoms with Gasteiger partial charge in [0.1, 0.15) is 30.2 Å². The van der Waals surface area contributed by atoms with Crippen LogP contribution in [-0.4, -0.2) is 87.0 Å². The van der Waals surface area contributed by atoms with Crippen LogP contribution in [0.4, 0.5) is 5.82 Å². The first-order chi connectivity index (χ1) is 12.0. The highest BCUT2D eigenvalue weighted by atomic mass is 16.7. The summed E-state index contributed by atoms with van der Waals surface area (Å²) in [4.78, 5) is 17.5. The van der Waals surface area contributed by atoms with Gasteiger partial charge in [-0.2, -0.15) is 5.06 Å². The summed E-state index contributed by atoms with van der Waals surface area (Å²) in [5, 5.41) is 21.4. The van der Waals surface area contributed by atoms with Gasteiger partial charge in [0.15, 0.2) is 17.7 Å². The van der Waals surface area contributed by atoms with E-state index in [0.717, 1.165) is 0 Å². The summed E-state index contributed by atoms with van der Waals surface area (Å²) in [6.07, 6.45) is -0.403. The van der Waals surface area contributed by atoms with Crippen LogP contribution in [0.1, 0.15) is 6.23 Å². The van der Waals surface area contributed by atoms with E-state index in [0.29, 0.717) is 17.8 Å². The third kappa shape index (κ3) is 3.56.